The van der Waals surface area contributed by atoms with E-state index in [9.17, 15) is 8.42 Å². The third-order valence-electron chi connectivity index (χ3n) is 3.83. The Kier molecular flexibility index (Phi) is 3.18. The molecule has 0 aliphatic carbocycles. The maximum absolute atomic E-state index is 12.7. The molecule has 0 saturated carbocycles. The van der Waals surface area contributed by atoms with E-state index in [1.165, 1.54) is 0 Å². The second kappa shape index (κ2) is 4.49. The van der Waals surface area contributed by atoms with Crippen LogP contribution in [0.2, 0.25) is 0 Å². The third kappa shape index (κ3) is 2.11. The first-order valence-electron chi connectivity index (χ1n) is 6.56. The van der Waals surface area contributed by atoms with Crippen molar-refractivity contribution in [2.75, 3.05) is 12.3 Å². The predicted octanol–water partition coefficient (Wildman–Crippen LogP) is 1.42. The summed E-state index contributed by atoms with van der Waals surface area (Å²) in [6.07, 6.45) is 2.64. The van der Waals surface area contributed by atoms with Gasteiger partial charge in [0.1, 0.15) is 5.82 Å². The van der Waals surface area contributed by atoms with Gasteiger partial charge in [-0.05, 0) is 6.42 Å². The van der Waals surface area contributed by atoms with Gasteiger partial charge in [0.25, 0.3) is 10.0 Å². The zero-order chi connectivity index (χ0) is 13.8. The topological polar surface area (TPSA) is 55.2 Å². The van der Waals surface area contributed by atoms with Gasteiger partial charge in [0.2, 0.25) is 0 Å². The van der Waals surface area contributed by atoms with Gasteiger partial charge in [-0.15, -0.1) is 0 Å². The lowest BCUT2D eigenvalue weighted by Gasteiger charge is -2.24. The van der Waals surface area contributed by atoms with Gasteiger partial charge in [-0.3, -0.25) is 0 Å². The summed E-state index contributed by atoms with van der Waals surface area (Å²) in [7, 11) is -1.56. The van der Waals surface area contributed by atoms with Gasteiger partial charge >= 0.3 is 0 Å². The van der Waals surface area contributed by atoms with Crippen LogP contribution in [0.1, 0.15) is 32.0 Å². The lowest BCUT2D eigenvalue weighted by molar-refractivity contribution is 0.408. The van der Waals surface area contributed by atoms with E-state index in [4.69, 9.17) is 0 Å². The van der Waals surface area contributed by atoms with E-state index in [1.807, 2.05) is 37.2 Å². The Bertz CT molecular complexity index is 594. The monoisotopic (exact) mass is 301 g/mol. The van der Waals surface area contributed by atoms with E-state index < -0.39 is 10.0 Å². The fourth-order valence-electron chi connectivity index (χ4n) is 2.89. The molecule has 3 heterocycles. The standard InChI is InChI=1S/C12H19N3O2S2/c1-8(2)12-13-11(6-14(12)3)19(16,17)15-5-10-4-9(15)7-18-10/h6,8-10H,4-5,7H2,1-3H3/t9-,10+/m0/s1. The highest BCUT2D eigenvalue weighted by Gasteiger charge is 2.45. The number of aryl methyl sites for hydroxylation is 1. The average Bonchev–Trinajstić information content (AvgIpc) is 3.01. The zero-order valence-corrected chi connectivity index (χ0v) is 13.0. The molecule has 2 saturated heterocycles. The molecule has 0 N–H and O–H groups in total. The van der Waals surface area contributed by atoms with Crippen molar-refractivity contribution in [1.82, 2.24) is 13.9 Å². The number of hydrogen-bond acceptors (Lipinski definition) is 4. The normalized spacial score (nSPS) is 27.6. The molecule has 0 unspecified atom stereocenters. The summed E-state index contributed by atoms with van der Waals surface area (Å²) in [5.74, 6) is 1.96. The maximum Gasteiger partial charge on any atom is 0.262 e. The average molecular weight is 301 g/mol. The first kappa shape index (κ1) is 13.5. The molecule has 2 aliphatic heterocycles. The number of nitrogens with zero attached hydrogens (tertiary/aromatic N) is 3. The quantitative estimate of drug-likeness (QED) is 0.847. The second-order valence-electron chi connectivity index (χ2n) is 5.62. The Labute approximate surface area is 118 Å². The van der Waals surface area contributed by atoms with Crippen molar-refractivity contribution in [2.24, 2.45) is 7.05 Å². The molecule has 2 atom stereocenters. The summed E-state index contributed by atoms with van der Waals surface area (Å²) in [5.41, 5.74) is 0. The first-order valence-corrected chi connectivity index (χ1v) is 9.05. The number of fused-ring (bicyclic) bond motifs is 2. The highest BCUT2D eigenvalue weighted by atomic mass is 32.2. The van der Waals surface area contributed by atoms with Gasteiger partial charge in [-0.2, -0.15) is 16.1 Å². The highest BCUT2D eigenvalue weighted by Crippen LogP contribution is 2.40. The van der Waals surface area contributed by atoms with E-state index in [1.54, 1.807) is 10.5 Å². The van der Waals surface area contributed by atoms with Crippen LogP contribution in [0.5, 0.6) is 0 Å². The minimum atomic E-state index is -3.42. The minimum absolute atomic E-state index is 0.171. The molecule has 0 spiro atoms. The number of hydrogen-bond donors (Lipinski definition) is 0. The van der Waals surface area contributed by atoms with E-state index >= 15 is 0 Å². The van der Waals surface area contributed by atoms with E-state index in [-0.39, 0.29) is 17.0 Å². The molecule has 7 heteroatoms. The molecule has 3 rings (SSSR count). The number of aromatic nitrogens is 2. The lowest BCUT2D eigenvalue weighted by Crippen LogP contribution is -2.39. The summed E-state index contributed by atoms with van der Waals surface area (Å²) in [4.78, 5) is 4.34. The van der Waals surface area contributed by atoms with Crippen LogP contribution < -0.4 is 0 Å². The van der Waals surface area contributed by atoms with Crippen LogP contribution in [0.4, 0.5) is 0 Å². The molecule has 1 aromatic rings. The molecular weight excluding hydrogens is 282 g/mol. The van der Waals surface area contributed by atoms with Crippen molar-refractivity contribution < 1.29 is 8.42 Å². The first-order chi connectivity index (χ1) is 8.89. The molecule has 2 fully saturated rings. The molecule has 0 aromatic carbocycles. The Morgan fingerprint density at radius 2 is 2.21 bits per heavy atom. The van der Waals surface area contributed by atoms with Crippen LogP contribution in [-0.2, 0) is 17.1 Å². The minimum Gasteiger partial charge on any atom is -0.336 e. The summed E-state index contributed by atoms with van der Waals surface area (Å²) in [5, 5.41) is 0.685. The highest BCUT2D eigenvalue weighted by molar-refractivity contribution is 8.00. The SMILES string of the molecule is CC(C)c1nc(S(=O)(=O)N2C[C@H]3C[C@H]2CS3)cn1C. The fraction of sp³-hybridized carbons (Fsp3) is 0.750. The van der Waals surface area contributed by atoms with Crippen molar-refractivity contribution in [2.45, 2.75) is 42.5 Å². The Morgan fingerprint density at radius 3 is 2.68 bits per heavy atom. The van der Waals surface area contributed by atoms with Crippen LogP contribution in [0, 0.1) is 0 Å². The Balaban J connectivity index is 1.94. The molecule has 5 nitrogen and oxygen atoms in total. The van der Waals surface area contributed by atoms with Crippen LogP contribution in [-0.4, -0.2) is 45.9 Å². The summed E-state index contributed by atoms with van der Waals surface area (Å²) < 4.78 is 28.8. The van der Waals surface area contributed by atoms with Crippen LogP contribution in [0.25, 0.3) is 0 Å². The summed E-state index contributed by atoms with van der Waals surface area (Å²) >= 11 is 1.89. The maximum atomic E-state index is 12.7. The van der Waals surface area contributed by atoms with Crippen molar-refractivity contribution in [3.8, 4) is 0 Å². The molecule has 0 amide bonds. The summed E-state index contributed by atoms with van der Waals surface area (Å²) in [6, 6.07) is 0.171. The van der Waals surface area contributed by atoms with Gasteiger partial charge in [-0.1, -0.05) is 13.8 Å². The number of thioether (sulfide) groups is 1. The molecular formula is C12H19N3O2S2. The van der Waals surface area contributed by atoms with E-state index in [0.29, 0.717) is 11.8 Å². The van der Waals surface area contributed by atoms with Crippen molar-refractivity contribution in [3.05, 3.63) is 12.0 Å². The number of imidazole rings is 1. The van der Waals surface area contributed by atoms with Gasteiger partial charge in [0, 0.05) is 42.8 Å². The lowest BCUT2D eigenvalue weighted by atomic mass is 10.2. The number of sulfonamides is 1. The van der Waals surface area contributed by atoms with Crippen molar-refractivity contribution in [1.29, 1.82) is 0 Å². The van der Waals surface area contributed by atoms with E-state index in [2.05, 4.69) is 4.98 Å². The van der Waals surface area contributed by atoms with Crippen LogP contribution >= 0.6 is 11.8 Å². The van der Waals surface area contributed by atoms with E-state index in [0.717, 1.165) is 18.0 Å². The van der Waals surface area contributed by atoms with Crippen molar-refractivity contribution >= 4 is 21.8 Å². The van der Waals surface area contributed by atoms with Gasteiger partial charge in [-0.25, -0.2) is 13.4 Å². The summed E-state index contributed by atoms with van der Waals surface area (Å²) in [6.45, 7) is 4.69. The Morgan fingerprint density at radius 1 is 1.47 bits per heavy atom. The number of rotatable bonds is 3. The van der Waals surface area contributed by atoms with Gasteiger partial charge in [0.05, 0.1) is 0 Å². The van der Waals surface area contributed by atoms with Crippen molar-refractivity contribution in [3.63, 3.8) is 0 Å². The second-order valence-corrected chi connectivity index (χ2v) is 8.79. The largest absolute Gasteiger partial charge is 0.336 e. The molecule has 19 heavy (non-hydrogen) atoms. The predicted molar refractivity (Wildman–Crippen MR) is 75.8 cm³/mol. The molecule has 2 aliphatic rings. The smallest absolute Gasteiger partial charge is 0.262 e. The zero-order valence-electron chi connectivity index (χ0n) is 11.4. The molecule has 0 radical (unpaired) electrons. The molecule has 2 bridgehead atoms. The van der Waals surface area contributed by atoms with Crippen LogP contribution in [0.3, 0.4) is 0 Å². The third-order valence-corrected chi connectivity index (χ3v) is 7.01. The molecule has 1 aromatic heterocycles. The Hall–Kier alpha value is -0.530. The van der Waals surface area contributed by atoms with Gasteiger partial charge < -0.3 is 4.57 Å². The fourth-order valence-corrected chi connectivity index (χ4v) is 6.19. The van der Waals surface area contributed by atoms with Gasteiger partial charge in [0.15, 0.2) is 5.03 Å². The molecule has 106 valence electrons. The van der Waals surface area contributed by atoms with Crippen LogP contribution in [0.15, 0.2) is 11.2 Å².